The van der Waals surface area contributed by atoms with Gasteiger partial charge in [-0.25, -0.2) is 4.79 Å². The molecule has 0 saturated heterocycles. The molecule has 0 aromatic heterocycles. The molecule has 0 aliphatic carbocycles. The minimum Gasteiger partial charge on any atom is -0.353 e. The lowest BCUT2D eigenvalue weighted by Crippen LogP contribution is -2.56. The van der Waals surface area contributed by atoms with Crippen LogP contribution in [0, 0.1) is 5.92 Å². The number of nitrogens with two attached hydrogens (primary N) is 1. The Balaban J connectivity index is 2.90. The topological polar surface area (TPSA) is 172 Å². The number of benzene rings is 1. The average molecular weight is 565 g/mol. The Morgan fingerprint density at radius 3 is 2.14 bits per heavy atom. The van der Waals surface area contributed by atoms with Crippen LogP contribution in [0.1, 0.15) is 44.0 Å². The highest BCUT2D eigenvalue weighted by Gasteiger charge is 2.29. The van der Waals surface area contributed by atoms with Crippen molar-refractivity contribution >= 4 is 59.1 Å². The fourth-order valence-electron chi connectivity index (χ4n) is 3.11. The summed E-state index contributed by atoms with van der Waals surface area (Å²) in [5.41, 5.74) is 5.89. The standard InChI is InChI=1S/C23H34BBrN6O5/c1-13(2)19(31-20(33)15-6-8-16(9-7-15)29-18(32)12-25)22(35)30-17(5-4-10-27-23(26)36)21(34)28-14(3)11-24/h6-9,13-14,17,19H,4-5,10-12H2,1-3H3,(H,28,34)(H,29,32)(H,30,35)(H,31,33)(H3,26,27,36)/t14-,17+,19?/m1/s1. The zero-order valence-corrected chi connectivity index (χ0v) is 22.3. The molecule has 3 atom stereocenters. The number of amides is 6. The number of rotatable bonds is 14. The number of hydrogen-bond acceptors (Lipinski definition) is 5. The first-order valence-electron chi connectivity index (χ1n) is 11.6. The molecule has 0 spiro atoms. The van der Waals surface area contributed by atoms with Gasteiger partial charge in [0.2, 0.25) is 17.7 Å². The molecule has 0 heterocycles. The molecule has 1 rings (SSSR count). The summed E-state index contributed by atoms with van der Waals surface area (Å²) in [6.45, 7) is 5.51. The van der Waals surface area contributed by atoms with Gasteiger partial charge < -0.3 is 32.3 Å². The number of nitrogens with one attached hydrogen (secondary N) is 5. The second kappa shape index (κ2) is 15.8. The normalized spacial score (nSPS) is 13.1. The molecule has 196 valence electrons. The number of hydrogen-bond donors (Lipinski definition) is 6. The van der Waals surface area contributed by atoms with Crippen LogP contribution in [-0.2, 0) is 14.4 Å². The van der Waals surface area contributed by atoms with Gasteiger partial charge in [0.1, 0.15) is 12.1 Å². The molecule has 0 aliphatic heterocycles. The van der Waals surface area contributed by atoms with Gasteiger partial charge in [-0.1, -0.05) is 36.1 Å². The molecule has 2 radical (unpaired) electrons. The van der Waals surface area contributed by atoms with E-state index in [1.54, 1.807) is 32.9 Å². The van der Waals surface area contributed by atoms with Crippen LogP contribution in [0.5, 0.6) is 0 Å². The Kier molecular flexibility index (Phi) is 13.6. The molecule has 1 aromatic rings. The van der Waals surface area contributed by atoms with Crippen molar-refractivity contribution in [3.05, 3.63) is 29.8 Å². The monoisotopic (exact) mass is 564 g/mol. The summed E-state index contributed by atoms with van der Waals surface area (Å²) >= 11 is 3.06. The molecule has 13 heteroatoms. The molecule has 0 fully saturated rings. The number of carbonyl (C=O) groups excluding carboxylic acids is 5. The van der Waals surface area contributed by atoms with E-state index >= 15 is 0 Å². The molecule has 0 saturated carbocycles. The highest BCUT2D eigenvalue weighted by molar-refractivity contribution is 9.09. The van der Waals surface area contributed by atoms with Crippen LogP contribution >= 0.6 is 15.9 Å². The fourth-order valence-corrected chi connectivity index (χ4v) is 3.25. The second-order valence-corrected chi connectivity index (χ2v) is 9.15. The third-order valence-electron chi connectivity index (χ3n) is 5.13. The largest absolute Gasteiger partial charge is 0.353 e. The van der Waals surface area contributed by atoms with E-state index in [4.69, 9.17) is 13.6 Å². The molecular formula is C23H34BBrN6O5. The lowest BCUT2D eigenvalue weighted by atomic mass is 9.98. The van der Waals surface area contributed by atoms with E-state index in [1.807, 2.05) is 0 Å². The molecular weight excluding hydrogens is 531 g/mol. The lowest BCUT2D eigenvalue weighted by Gasteiger charge is -2.26. The van der Waals surface area contributed by atoms with Crippen LogP contribution in [0.4, 0.5) is 10.5 Å². The van der Waals surface area contributed by atoms with Crippen molar-refractivity contribution < 1.29 is 24.0 Å². The van der Waals surface area contributed by atoms with Crippen LogP contribution in [0.3, 0.4) is 0 Å². The molecule has 1 unspecified atom stereocenters. The Morgan fingerprint density at radius 2 is 1.61 bits per heavy atom. The van der Waals surface area contributed by atoms with Gasteiger partial charge in [0.25, 0.3) is 5.91 Å². The Hall–Kier alpha value is -3.09. The van der Waals surface area contributed by atoms with Gasteiger partial charge in [-0.05, 0) is 49.9 Å². The number of primary amides is 1. The van der Waals surface area contributed by atoms with Crippen molar-refractivity contribution in [2.24, 2.45) is 11.7 Å². The molecule has 36 heavy (non-hydrogen) atoms. The average Bonchev–Trinajstić information content (AvgIpc) is 2.83. The van der Waals surface area contributed by atoms with E-state index in [0.717, 1.165) is 0 Å². The fraction of sp³-hybridized carbons (Fsp3) is 0.522. The van der Waals surface area contributed by atoms with Gasteiger partial charge in [0.15, 0.2) is 0 Å². The number of anilines is 1. The van der Waals surface area contributed by atoms with E-state index in [1.165, 1.54) is 12.1 Å². The van der Waals surface area contributed by atoms with Gasteiger partial charge in [-0.15, -0.1) is 0 Å². The molecule has 0 aliphatic rings. The predicted octanol–water partition coefficient (Wildman–Crippen LogP) is 0.799. The van der Waals surface area contributed by atoms with E-state index in [0.29, 0.717) is 17.7 Å². The summed E-state index contributed by atoms with van der Waals surface area (Å²) in [4.78, 5) is 61.0. The van der Waals surface area contributed by atoms with Crippen LogP contribution < -0.4 is 32.3 Å². The lowest BCUT2D eigenvalue weighted by molar-refractivity contribution is -0.131. The zero-order chi connectivity index (χ0) is 27.3. The first-order valence-corrected chi connectivity index (χ1v) is 12.7. The summed E-state index contributed by atoms with van der Waals surface area (Å²) in [5.74, 6) is -1.94. The van der Waals surface area contributed by atoms with Crippen molar-refractivity contribution in [1.82, 2.24) is 21.3 Å². The summed E-state index contributed by atoms with van der Waals surface area (Å²) in [6, 6.07) is 3.42. The molecule has 7 N–H and O–H groups in total. The summed E-state index contributed by atoms with van der Waals surface area (Å²) in [6.07, 6.45) is 0.837. The minimum absolute atomic E-state index is 0.145. The maximum absolute atomic E-state index is 13.1. The zero-order valence-electron chi connectivity index (χ0n) is 20.7. The van der Waals surface area contributed by atoms with Crippen molar-refractivity contribution in [3.8, 4) is 0 Å². The second-order valence-electron chi connectivity index (χ2n) is 8.59. The minimum atomic E-state index is -0.920. The quantitative estimate of drug-likeness (QED) is 0.111. The van der Waals surface area contributed by atoms with Gasteiger partial charge in [-0.2, -0.15) is 0 Å². The van der Waals surface area contributed by atoms with E-state index in [9.17, 15) is 24.0 Å². The van der Waals surface area contributed by atoms with E-state index < -0.39 is 35.8 Å². The molecule has 6 amide bonds. The Bertz CT molecular complexity index is 915. The third kappa shape index (κ3) is 11.1. The number of carbonyl (C=O) groups is 5. The van der Waals surface area contributed by atoms with Gasteiger partial charge in [0, 0.05) is 23.8 Å². The maximum atomic E-state index is 13.1. The molecule has 1 aromatic carbocycles. The Morgan fingerprint density at radius 1 is 0.972 bits per heavy atom. The van der Waals surface area contributed by atoms with Crippen LogP contribution in [0.2, 0.25) is 6.32 Å². The van der Waals surface area contributed by atoms with E-state index in [-0.39, 0.29) is 42.5 Å². The van der Waals surface area contributed by atoms with Gasteiger partial charge in [-0.3, -0.25) is 19.2 Å². The van der Waals surface area contributed by atoms with Crippen molar-refractivity contribution in [2.75, 3.05) is 17.2 Å². The first kappa shape index (κ1) is 30.9. The van der Waals surface area contributed by atoms with Gasteiger partial charge >= 0.3 is 6.03 Å². The molecule has 0 bridgehead atoms. The molecule has 11 nitrogen and oxygen atoms in total. The first-order chi connectivity index (χ1) is 17.0. The van der Waals surface area contributed by atoms with Crippen molar-refractivity contribution in [1.29, 1.82) is 0 Å². The smallest absolute Gasteiger partial charge is 0.312 e. The maximum Gasteiger partial charge on any atom is 0.312 e. The van der Waals surface area contributed by atoms with Crippen LogP contribution in [-0.4, -0.2) is 67.5 Å². The number of urea groups is 1. The van der Waals surface area contributed by atoms with Crippen molar-refractivity contribution in [2.45, 2.75) is 58.1 Å². The third-order valence-corrected chi connectivity index (χ3v) is 5.64. The SMILES string of the molecule is [B]C[C@@H](C)NC(=O)[C@H](CCCNC(N)=O)NC(=O)C(NC(=O)c1ccc(NC(=O)CBr)cc1)C(C)C. The number of alkyl halides is 1. The summed E-state index contributed by atoms with van der Waals surface area (Å²) < 4.78 is 0. The summed E-state index contributed by atoms with van der Waals surface area (Å²) in [7, 11) is 5.58. The highest BCUT2D eigenvalue weighted by atomic mass is 79.9. The van der Waals surface area contributed by atoms with E-state index in [2.05, 4.69) is 42.5 Å². The highest BCUT2D eigenvalue weighted by Crippen LogP contribution is 2.12. The Labute approximate surface area is 221 Å². The summed E-state index contributed by atoms with van der Waals surface area (Å²) in [5, 5.41) is 13.4. The number of halogens is 1. The van der Waals surface area contributed by atoms with Crippen molar-refractivity contribution in [3.63, 3.8) is 0 Å². The van der Waals surface area contributed by atoms with Crippen LogP contribution in [0.25, 0.3) is 0 Å². The predicted molar refractivity (Wildman–Crippen MR) is 142 cm³/mol. The van der Waals surface area contributed by atoms with Crippen LogP contribution in [0.15, 0.2) is 24.3 Å². The van der Waals surface area contributed by atoms with Gasteiger partial charge in [0.05, 0.1) is 13.2 Å².